The summed E-state index contributed by atoms with van der Waals surface area (Å²) in [6.07, 6.45) is 1.49. The normalized spacial score (nSPS) is 10.4. The summed E-state index contributed by atoms with van der Waals surface area (Å²) >= 11 is 0. The molecule has 0 radical (unpaired) electrons. The van der Waals surface area contributed by atoms with Crippen LogP contribution in [0.15, 0.2) is 24.4 Å². The van der Waals surface area contributed by atoms with Crippen LogP contribution in [0.5, 0.6) is 0 Å². The van der Waals surface area contributed by atoms with E-state index in [2.05, 4.69) is 15.3 Å². The number of aromatic nitrogens is 2. The first-order valence-electron chi connectivity index (χ1n) is 5.09. The smallest absolute Gasteiger partial charge is 0.222 e. The van der Waals surface area contributed by atoms with Crippen molar-refractivity contribution in [3.05, 3.63) is 41.6 Å². The van der Waals surface area contributed by atoms with Gasteiger partial charge < -0.3 is 5.32 Å². The van der Waals surface area contributed by atoms with Crippen LogP contribution in [0.2, 0.25) is 0 Å². The van der Waals surface area contributed by atoms with Gasteiger partial charge in [-0.05, 0) is 24.6 Å². The number of nitrogens with zero attached hydrogens (tertiary/aromatic N) is 2. The van der Waals surface area contributed by atoms with Gasteiger partial charge in [0, 0.05) is 18.8 Å². The van der Waals surface area contributed by atoms with Crippen molar-refractivity contribution >= 4 is 5.95 Å². The van der Waals surface area contributed by atoms with E-state index >= 15 is 0 Å². The molecule has 2 rings (SSSR count). The number of halogens is 2. The maximum atomic E-state index is 13.7. The Morgan fingerprint density at radius 1 is 1.12 bits per heavy atom. The molecule has 0 amide bonds. The van der Waals surface area contributed by atoms with E-state index in [4.69, 9.17) is 0 Å². The van der Waals surface area contributed by atoms with Crippen LogP contribution in [0, 0.1) is 18.6 Å². The first-order chi connectivity index (χ1) is 8.13. The Kier molecular flexibility index (Phi) is 2.99. The van der Waals surface area contributed by atoms with Gasteiger partial charge >= 0.3 is 0 Å². The maximum Gasteiger partial charge on any atom is 0.222 e. The van der Waals surface area contributed by atoms with E-state index in [1.54, 1.807) is 7.05 Å². The summed E-state index contributed by atoms with van der Waals surface area (Å²) in [4.78, 5) is 7.98. The Morgan fingerprint density at radius 2 is 1.88 bits per heavy atom. The molecule has 1 aromatic carbocycles. The summed E-state index contributed by atoms with van der Waals surface area (Å²) < 4.78 is 27.2. The van der Waals surface area contributed by atoms with Gasteiger partial charge in [0.15, 0.2) is 11.6 Å². The zero-order valence-corrected chi connectivity index (χ0v) is 9.46. The van der Waals surface area contributed by atoms with Gasteiger partial charge in [-0.15, -0.1) is 0 Å². The van der Waals surface area contributed by atoms with E-state index in [1.165, 1.54) is 31.3 Å². The minimum atomic E-state index is -0.884. The van der Waals surface area contributed by atoms with Crippen molar-refractivity contribution in [1.29, 1.82) is 0 Å². The van der Waals surface area contributed by atoms with Crippen molar-refractivity contribution in [3.63, 3.8) is 0 Å². The van der Waals surface area contributed by atoms with E-state index in [9.17, 15) is 8.78 Å². The molecular formula is C12H11F2N3. The third-order valence-electron chi connectivity index (χ3n) is 2.43. The molecule has 5 heteroatoms. The van der Waals surface area contributed by atoms with E-state index in [1.807, 2.05) is 0 Å². The zero-order valence-electron chi connectivity index (χ0n) is 9.46. The molecule has 3 nitrogen and oxygen atoms in total. The number of aryl methyl sites for hydroxylation is 1. The average molecular weight is 235 g/mol. The fraction of sp³-hybridized carbons (Fsp3) is 0.167. The molecule has 17 heavy (non-hydrogen) atoms. The molecule has 0 saturated heterocycles. The third-order valence-corrected chi connectivity index (χ3v) is 2.43. The lowest BCUT2D eigenvalue weighted by Gasteiger charge is -2.06. The van der Waals surface area contributed by atoms with E-state index < -0.39 is 11.6 Å². The number of rotatable bonds is 2. The molecule has 1 N–H and O–H groups in total. The summed E-state index contributed by atoms with van der Waals surface area (Å²) in [7, 11) is 1.66. The lowest BCUT2D eigenvalue weighted by molar-refractivity contribution is 0.505. The quantitative estimate of drug-likeness (QED) is 0.869. The minimum Gasteiger partial charge on any atom is -0.357 e. The second-order valence-electron chi connectivity index (χ2n) is 3.57. The number of benzene rings is 1. The van der Waals surface area contributed by atoms with E-state index in [-0.39, 0.29) is 11.1 Å². The first kappa shape index (κ1) is 11.4. The van der Waals surface area contributed by atoms with Crippen LogP contribution >= 0.6 is 0 Å². The third kappa shape index (κ3) is 2.08. The van der Waals surface area contributed by atoms with Gasteiger partial charge in [0.1, 0.15) is 0 Å². The highest BCUT2D eigenvalue weighted by Crippen LogP contribution is 2.24. The molecule has 2 aromatic rings. The molecule has 0 unspecified atom stereocenters. The molecule has 0 bridgehead atoms. The van der Waals surface area contributed by atoms with Gasteiger partial charge in [-0.25, -0.2) is 18.7 Å². The Balaban J connectivity index is 2.56. The molecule has 0 aliphatic rings. The van der Waals surface area contributed by atoms with Crippen LogP contribution in [0.25, 0.3) is 11.3 Å². The average Bonchev–Trinajstić information content (AvgIpc) is 2.36. The summed E-state index contributed by atoms with van der Waals surface area (Å²) in [5, 5.41) is 2.74. The van der Waals surface area contributed by atoms with Gasteiger partial charge in [0.05, 0.1) is 5.69 Å². The number of nitrogens with one attached hydrogen (secondary N) is 1. The Hall–Kier alpha value is -2.04. The van der Waals surface area contributed by atoms with Crippen molar-refractivity contribution in [3.8, 4) is 11.3 Å². The van der Waals surface area contributed by atoms with Crippen LogP contribution in [-0.4, -0.2) is 17.0 Å². The zero-order chi connectivity index (χ0) is 12.4. The van der Waals surface area contributed by atoms with Crippen LogP contribution in [0.1, 0.15) is 5.56 Å². The Labute approximate surface area is 97.5 Å². The van der Waals surface area contributed by atoms with Gasteiger partial charge in [-0.3, -0.25) is 0 Å². The predicted molar refractivity (Wildman–Crippen MR) is 61.7 cm³/mol. The highest BCUT2D eigenvalue weighted by molar-refractivity contribution is 5.61. The van der Waals surface area contributed by atoms with Crippen LogP contribution < -0.4 is 5.32 Å². The molecule has 0 fully saturated rings. The second-order valence-corrected chi connectivity index (χ2v) is 3.57. The maximum absolute atomic E-state index is 13.7. The predicted octanol–water partition coefficient (Wildman–Crippen LogP) is 2.77. The SMILES string of the molecule is CNc1nccc(-c2ccc(C)c(F)c2F)n1. The fourth-order valence-electron chi connectivity index (χ4n) is 1.47. The topological polar surface area (TPSA) is 37.8 Å². The van der Waals surface area contributed by atoms with Crippen molar-refractivity contribution in [1.82, 2.24) is 9.97 Å². The van der Waals surface area contributed by atoms with Crippen molar-refractivity contribution in [2.24, 2.45) is 0 Å². The van der Waals surface area contributed by atoms with Crippen molar-refractivity contribution in [2.75, 3.05) is 12.4 Å². The number of anilines is 1. The fourth-order valence-corrected chi connectivity index (χ4v) is 1.47. The van der Waals surface area contributed by atoms with Crippen molar-refractivity contribution in [2.45, 2.75) is 6.92 Å². The highest BCUT2D eigenvalue weighted by Gasteiger charge is 2.13. The van der Waals surface area contributed by atoms with E-state index in [0.717, 1.165) is 0 Å². The molecule has 0 aliphatic heterocycles. The molecule has 0 aliphatic carbocycles. The van der Waals surface area contributed by atoms with Gasteiger partial charge in [0.25, 0.3) is 0 Å². The lowest BCUT2D eigenvalue weighted by Crippen LogP contribution is -1.99. The number of hydrogen-bond acceptors (Lipinski definition) is 3. The molecule has 0 spiro atoms. The van der Waals surface area contributed by atoms with Crippen LogP contribution in [0.3, 0.4) is 0 Å². The van der Waals surface area contributed by atoms with Gasteiger partial charge in [-0.2, -0.15) is 0 Å². The molecule has 1 aromatic heterocycles. The highest BCUT2D eigenvalue weighted by atomic mass is 19.2. The Morgan fingerprint density at radius 3 is 2.59 bits per heavy atom. The number of hydrogen-bond donors (Lipinski definition) is 1. The summed E-state index contributed by atoms with van der Waals surface area (Å²) in [6.45, 7) is 1.52. The standard InChI is InChI=1S/C12H11F2N3/c1-7-3-4-8(11(14)10(7)13)9-5-6-16-12(15-2)17-9/h3-6H,1-2H3,(H,15,16,17). The van der Waals surface area contributed by atoms with Gasteiger partial charge in [0.2, 0.25) is 5.95 Å². The minimum absolute atomic E-state index is 0.131. The monoisotopic (exact) mass is 235 g/mol. The molecule has 1 heterocycles. The van der Waals surface area contributed by atoms with E-state index in [0.29, 0.717) is 11.6 Å². The summed E-state index contributed by atoms with van der Waals surface area (Å²) in [5.41, 5.74) is 0.752. The van der Waals surface area contributed by atoms with Crippen LogP contribution in [0.4, 0.5) is 14.7 Å². The summed E-state index contributed by atoms with van der Waals surface area (Å²) in [5.74, 6) is -1.36. The molecule has 88 valence electrons. The lowest BCUT2D eigenvalue weighted by atomic mass is 10.1. The summed E-state index contributed by atoms with van der Waals surface area (Å²) in [6, 6.07) is 4.57. The van der Waals surface area contributed by atoms with Crippen molar-refractivity contribution < 1.29 is 8.78 Å². The molecule has 0 saturated carbocycles. The van der Waals surface area contributed by atoms with Gasteiger partial charge in [-0.1, -0.05) is 6.07 Å². The second kappa shape index (κ2) is 4.45. The molecular weight excluding hydrogens is 224 g/mol. The Bertz CT molecular complexity index is 555. The molecule has 0 atom stereocenters. The first-order valence-corrected chi connectivity index (χ1v) is 5.09. The van der Waals surface area contributed by atoms with Crippen LogP contribution in [-0.2, 0) is 0 Å². The largest absolute Gasteiger partial charge is 0.357 e.